The van der Waals surface area contributed by atoms with Gasteiger partial charge in [-0.3, -0.25) is 0 Å². The highest BCUT2D eigenvalue weighted by Crippen LogP contribution is 2.29. The molecule has 16 heavy (non-hydrogen) atoms. The van der Waals surface area contributed by atoms with E-state index in [4.69, 9.17) is 0 Å². The van der Waals surface area contributed by atoms with Crippen LogP contribution in [0, 0.1) is 6.54 Å². The Labute approximate surface area is 98.7 Å². The van der Waals surface area contributed by atoms with E-state index in [0.29, 0.717) is 0 Å². The summed E-state index contributed by atoms with van der Waals surface area (Å²) >= 11 is 0. The van der Waals surface area contributed by atoms with Gasteiger partial charge in [0.2, 0.25) is 0 Å². The van der Waals surface area contributed by atoms with Crippen LogP contribution in [0.5, 0.6) is 0 Å². The molecule has 0 fully saturated rings. The summed E-state index contributed by atoms with van der Waals surface area (Å²) in [4.78, 5) is 2.46. The highest BCUT2D eigenvalue weighted by molar-refractivity contribution is 5.72. The Bertz CT molecular complexity index is 322. The summed E-state index contributed by atoms with van der Waals surface area (Å²) < 4.78 is 0. The van der Waals surface area contributed by atoms with Crippen molar-refractivity contribution in [2.45, 2.75) is 32.6 Å². The second-order valence-corrected chi connectivity index (χ2v) is 4.37. The van der Waals surface area contributed by atoms with Crippen LogP contribution in [0.15, 0.2) is 24.3 Å². The molecule has 1 aliphatic rings. The predicted octanol–water partition coefficient (Wildman–Crippen LogP) is 3.66. The minimum absolute atomic E-state index is 1.02. The number of rotatable bonds is 5. The second kappa shape index (κ2) is 5.78. The third-order valence-electron chi connectivity index (χ3n) is 3.10. The minimum Gasteiger partial charge on any atom is -0.377 e. The molecule has 2 rings (SSSR count). The lowest BCUT2D eigenvalue weighted by molar-refractivity contribution is 0.649. The summed E-state index contributed by atoms with van der Waals surface area (Å²) in [5.74, 6) is 0. The number of para-hydroxylation sites is 2. The molecule has 1 aromatic rings. The first-order valence-electron chi connectivity index (χ1n) is 6.34. The van der Waals surface area contributed by atoms with Crippen molar-refractivity contribution in [2.75, 3.05) is 23.3 Å². The quantitative estimate of drug-likeness (QED) is 0.757. The van der Waals surface area contributed by atoms with Crippen molar-refractivity contribution in [3.63, 3.8) is 0 Å². The maximum Gasteiger partial charge on any atom is 0.0655 e. The monoisotopic (exact) mass is 217 g/mol. The topological polar surface area (TPSA) is 15.3 Å². The molecule has 0 spiro atoms. The minimum atomic E-state index is 1.02. The molecule has 0 amide bonds. The Hall–Kier alpha value is -1.18. The van der Waals surface area contributed by atoms with E-state index in [0.717, 1.165) is 6.54 Å². The van der Waals surface area contributed by atoms with E-state index >= 15 is 0 Å². The SMILES string of the molecule is CCCCCCN1C[CH]Nc2ccccc21. The Balaban J connectivity index is 1.91. The molecule has 1 N–H and O–H groups in total. The lowest BCUT2D eigenvalue weighted by Crippen LogP contribution is -2.31. The van der Waals surface area contributed by atoms with Gasteiger partial charge in [0.1, 0.15) is 0 Å². The average molecular weight is 217 g/mol. The summed E-state index contributed by atoms with van der Waals surface area (Å²) in [6.45, 7) is 6.59. The Morgan fingerprint density at radius 2 is 2.06 bits per heavy atom. The molecular weight excluding hydrogens is 196 g/mol. The summed E-state index contributed by atoms with van der Waals surface area (Å²) in [5.41, 5.74) is 2.59. The lowest BCUT2D eigenvalue weighted by atomic mass is 10.1. The smallest absolute Gasteiger partial charge is 0.0655 e. The lowest BCUT2D eigenvalue weighted by Gasteiger charge is -2.31. The number of nitrogens with zero attached hydrogens (tertiary/aromatic N) is 1. The molecule has 1 radical (unpaired) electrons. The first-order valence-corrected chi connectivity index (χ1v) is 6.34. The number of benzene rings is 1. The maximum atomic E-state index is 3.33. The van der Waals surface area contributed by atoms with Gasteiger partial charge >= 0.3 is 0 Å². The van der Waals surface area contributed by atoms with Gasteiger partial charge in [-0.25, -0.2) is 0 Å². The van der Waals surface area contributed by atoms with E-state index in [-0.39, 0.29) is 0 Å². The van der Waals surface area contributed by atoms with Gasteiger partial charge < -0.3 is 10.2 Å². The van der Waals surface area contributed by atoms with E-state index in [9.17, 15) is 0 Å². The van der Waals surface area contributed by atoms with Crippen molar-refractivity contribution in [1.82, 2.24) is 0 Å². The first-order chi connectivity index (χ1) is 7.92. The van der Waals surface area contributed by atoms with Crippen molar-refractivity contribution in [3.8, 4) is 0 Å². The molecule has 0 aromatic heterocycles. The average Bonchev–Trinajstić information content (AvgIpc) is 2.35. The number of unbranched alkanes of at least 4 members (excludes halogenated alkanes) is 3. The molecule has 1 aliphatic heterocycles. The molecule has 1 aromatic carbocycles. The number of anilines is 2. The molecule has 2 nitrogen and oxygen atoms in total. The molecule has 0 atom stereocenters. The molecule has 87 valence electrons. The van der Waals surface area contributed by atoms with Gasteiger partial charge in [-0.1, -0.05) is 38.3 Å². The Morgan fingerprint density at radius 1 is 1.19 bits per heavy atom. The van der Waals surface area contributed by atoms with E-state index < -0.39 is 0 Å². The Morgan fingerprint density at radius 3 is 2.94 bits per heavy atom. The standard InChI is InChI=1S/C14H21N2/c1-2-3-4-7-11-16-12-10-15-13-8-5-6-9-14(13)16/h5-6,8-10,15H,2-4,7,11-12H2,1H3. The molecule has 0 saturated carbocycles. The van der Waals surface area contributed by atoms with Gasteiger partial charge in [-0.05, 0) is 18.6 Å². The maximum absolute atomic E-state index is 3.33. The van der Waals surface area contributed by atoms with Crippen molar-refractivity contribution in [3.05, 3.63) is 30.8 Å². The zero-order valence-corrected chi connectivity index (χ0v) is 10.1. The number of hydrogen-bond donors (Lipinski definition) is 1. The Kier molecular flexibility index (Phi) is 4.09. The molecular formula is C14H21N2. The molecule has 2 heteroatoms. The fourth-order valence-corrected chi connectivity index (χ4v) is 2.18. The van der Waals surface area contributed by atoms with Crippen LogP contribution in [-0.4, -0.2) is 13.1 Å². The van der Waals surface area contributed by atoms with Crippen LogP contribution < -0.4 is 10.2 Å². The van der Waals surface area contributed by atoms with Crippen molar-refractivity contribution < 1.29 is 0 Å². The van der Waals surface area contributed by atoms with Crippen LogP contribution in [0.1, 0.15) is 32.6 Å². The van der Waals surface area contributed by atoms with E-state index in [2.05, 4.69) is 48.0 Å². The summed E-state index contributed by atoms with van der Waals surface area (Å²) in [5, 5.41) is 3.33. The normalized spacial score (nSPS) is 14.4. The third-order valence-corrected chi connectivity index (χ3v) is 3.10. The largest absolute Gasteiger partial charge is 0.377 e. The van der Waals surface area contributed by atoms with Crippen LogP contribution in [-0.2, 0) is 0 Å². The summed E-state index contributed by atoms with van der Waals surface area (Å²) in [6, 6.07) is 8.55. The fourth-order valence-electron chi connectivity index (χ4n) is 2.18. The number of fused-ring (bicyclic) bond motifs is 1. The van der Waals surface area contributed by atoms with Gasteiger partial charge in [0.15, 0.2) is 0 Å². The zero-order valence-electron chi connectivity index (χ0n) is 10.1. The van der Waals surface area contributed by atoms with Gasteiger partial charge in [0, 0.05) is 13.1 Å². The molecule has 0 bridgehead atoms. The van der Waals surface area contributed by atoms with Gasteiger partial charge in [0.05, 0.1) is 17.9 Å². The molecule has 1 heterocycles. The van der Waals surface area contributed by atoms with Crippen LogP contribution in [0.4, 0.5) is 11.4 Å². The van der Waals surface area contributed by atoms with E-state index in [1.54, 1.807) is 0 Å². The summed E-state index contributed by atoms with van der Waals surface area (Å²) in [6.07, 6.45) is 5.32. The van der Waals surface area contributed by atoms with Gasteiger partial charge in [0.25, 0.3) is 0 Å². The molecule has 0 unspecified atom stereocenters. The summed E-state index contributed by atoms with van der Waals surface area (Å²) in [7, 11) is 0. The van der Waals surface area contributed by atoms with Gasteiger partial charge in [-0.15, -0.1) is 0 Å². The van der Waals surface area contributed by atoms with Crippen molar-refractivity contribution in [2.24, 2.45) is 0 Å². The van der Waals surface area contributed by atoms with E-state index in [1.807, 2.05) is 0 Å². The van der Waals surface area contributed by atoms with Crippen molar-refractivity contribution in [1.29, 1.82) is 0 Å². The van der Waals surface area contributed by atoms with Gasteiger partial charge in [-0.2, -0.15) is 0 Å². The molecule has 0 aliphatic carbocycles. The van der Waals surface area contributed by atoms with Crippen molar-refractivity contribution >= 4 is 11.4 Å². The molecule has 0 saturated heterocycles. The van der Waals surface area contributed by atoms with E-state index in [1.165, 1.54) is 43.6 Å². The number of nitrogens with one attached hydrogen (secondary N) is 1. The number of hydrogen-bond acceptors (Lipinski definition) is 2. The highest BCUT2D eigenvalue weighted by atomic mass is 15.2. The fraction of sp³-hybridized carbons (Fsp3) is 0.500. The predicted molar refractivity (Wildman–Crippen MR) is 70.7 cm³/mol. The first kappa shape index (κ1) is 11.3. The second-order valence-electron chi connectivity index (χ2n) is 4.37. The third kappa shape index (κ3) is 2.69. The van der Waals surface area contributed by atoms with Crippen LogP contribution in [0.2, 0.25) is 0 Å². The zero-order chi connectivity index (χ0) is 11.2. The highest BCUT2D eigenvalue weighted by Gasteiger charge is 2.14. The van der Waals surface area contributed by atoms with Crippen LogP contribution >= 0.6 is 0 Å². The van der Waals surface area contributed by atoms with Crippen LogP contribution in [0.25, 0.3) is 0 Å². The van der Waals surface area contributed by atoms with Crippen LogP contribution in [0.3, 0.4) is 0 Å².